The molecular formula is C26H26Cl2N5O11P. The van der Waals surface area contributed by atoms with Gasteiger partial charge in [0.2, 0.25) is 0 Å². The molecule has 1 fully saturated rings. The molecule has 0 atom stereocenters. The summed E-state index contributed by atoms with van der Waals surface area (Å²) in [5.74, 6) is -2.71. The highest BCUT2D eigenvalue weighted by atomic mass is 35.5. The van der Waals surface area contributed by atoms with E-state index in [1.54, 1.807) is 6.07 Å². The fourth-order valence-electron chi connectivity index (χ4n) is 4.46. The number of hydrogen-bond acceptors (Lipinski definition) is 12. The number of halogens is 2. The van der Waals surface area contributed by atoms with Gasteiger partial charge in [-0.15, -0.1) is 0 Å². The van der Waals surface area contributed by atoms with Gasteiger partial charge >= 0.3 is 19.4 Å². The van der Waals surface area contributed by atoms with Gasteiger partial charge in [-0.3, -0.25) is 23.7 Å². The zero-order valence-corrected chi connectivity index (χ0v) is 26.1. The van der Waals surface area contributed by atoms with E-state index in [1.807, 2.05) is 0 Å². The van der Waals surface area contributed by atoms with Crippen LogP contribution >= 0.6 is 30.9 Å². The van der Waals surface area contributed by atoms with E-state index >= 15 is 0 Å². The van der Waals surface area contributed by atoms with E-state index in [2.05, 4.69) is 20.8 Å². The van der Waals surface area contributed by atoms with Crippen LogP contribution in [0.4, 0.5) is 5.69 Å². The van der Waals surface area contributed by atoms with E-state index < -0.39 is 44.4 Å². The Morgan fingerprint density at radius 3 is 2.04 bits per heavy atom. The Balaban J connectivity index is 1.23. The number of aryl methyl sites for hydroxylation is 2. The maximum Gasteiger partial charge on any atom is 0.519 e. The quantitative estimate of drug-likeness (QED) is 0.187. The largest absolute Gasteiger partial charge is 0.519 e. The van der Waals surface area contributed by atoms with Crippen molar-refractivity contribution in [2.45, 2.75) is 45.9 Å². The molecule has 4 aromatic rings. The zero-order valence-electron chi connectivity index (χ0n) is 23.7. The molecular weight excluding hydrogens is 660 g/mol. The number of carbonyl (C=O) groups is 2. The van der Waals surface area contributed by atoms with Gasteiger partial charge in [0.25, 0.3) is 11.8 Å². The van der Waals surface area contributed by atoms with Crippen molar-refractivity contribution in [1.29, 1.82) is 0 Å². The first-order valence-corrected chi connectivity index (χ1v) is 15.6. The predicted molar refractivity (Wildman–Crippen MR) is 156 cm³/mol. The van der Waals surface area contributed by atoms with Crippen LogP contribution in [0.1, 0.15) is 56.7 Å². The molecule has 1 aromatic carbocycles. The number of aromatic amines is 1. The highest BCUT2D eigenvalue weighted by Gasteiger charge is 2.38. The Morgan fingerprint density at radius 1 is 0.978 bits per heavy atom. The molecule has 3 N–H and O–H groups in total. The second kappa shape index (κ2) is 13.6. The number of benzene rings is 1. The molecule has 0 unspecified atom stereocenters. The Hall–Kier alpha value is -3.92. The van der Waals surface area contributed by atoms with Crippen molar-refractivity contribution in [1.82, 2.24) is 20.2 Å². The van der Waals surface area contributed by atoms with Crippen molar-refractivity contribution in [3.05, 3.63) is 90.0 Å². The number of carbonyl (C=O) groups excluding carboxylic acids is 2. The van der Waals surface area contributed by atoms with Crippen LogP contribution in [0.3, 0.4) is 0 Å². The van der Waals surface area contributed by atoms with Crippen LogP contribution in [0.25, 0.3) is 0 Å². The lowest BCUT2D eigenvalue weighted by Crippen LogP contribution is -2.44. The smallest absolute Gasteiger partial charge is 0.396 e. The Morgan fingerprint density at radius 2 is 1.53 bits per heavy atom. The van der Waals surface area contributed by atoms with Gasteiger partial charge in [0.1, 0.15) is 30.4 Å². The van der Waals surface area contributed by atoms with Gasteiger partial charge in [0.05, 0.1) is 27.5 Å². The maximum absolute atomic E-state index is 14.0. The highest BCUT2D eigenvalue weighted by Crippen LogP contribution is 2.54. The molecule has 19 heteroatoms. The lowest BCUT2D eigenvalue weighted by atomic mass is 10.1. The fourth-order valence-corrected chi connectivity index (χ4v) is 6.71. The highest BCUT2D eigenvalue weighted by molar-refractivity contribution is 7.51. The number of H-pyrrole nitrogens is 1. The van der Waals surface area contributed by atoms with E-state index in [0.717, 1.165) is 0 Å². The van der Waals surface area contributed by atoms with Crippen LogP contribution < -0.4 is 22.3 Å². The van der Waals surface area contributed by atoms with Crippen molar-refractivity contribution in [2.75, 3.05) is 18.4 Å². The van der Waals surface area contributed by atoms with Crippen LogP contribution in [-0.2, 0) is 26.8 Å². The summed E-state index contributed by atoms with van der Waals surface area (Å²) in [5.41, 5.74) is 0.157. The van der Waals surface area contributed by atoms with Crippen molar-refractivity contribution >= 4 is 48.5 Å². The zero-order chi connectivity index (χ0) is 32.3. The van der Waals surface area contributed by atoms with E-state index in [-0.39, 0.29) is 69.2 Å². The van der Waals surface area contributed by atoms with Crippen molar-refractivity contribution in [3.8, 4) is 0 Å². The first-order chi connectivity index (χ1) is 21.4. The van der Waals surface area contributed by atoms with E-state index in [1.165, 1.54) is 36.8 Å². The minimum absolute atomic E-state index is 0.000225. The number of piperidine rings is 1. The predicted octanol–water partition coefficient (Wildman–Crippen LogP) is 4.41. The topological polar surface area (TPSA) is 212 Å². The number of anilines is 1. The number of hydrogen-bond donors (Lipinski definition) is 3. The van der Waals surface area contributed by atoms with Crippen LogP contribution in [-0.4, -0.2) is 45.8 Å². The van der Waals surface area contributed by atoms with Gasteiger partial charge in [-0.25, -0.2) is 18.8 Å². The summed E-state index contributed by atoms with van der Waals surface area (Å²) in [6.45, 7) is 2.46. The Bertz CT molecular complexity index is 1790. The van der Waals surface area contributed by atoms with Gasteiger partial charge in [0.15, 0.2) is 11.5 Å². The molecule has 16 nitrogen and oxygen atoms in total. The van der Waals surface area contributed by atoms with Crippen molar-refractivity contribution < 1.29 is 40.9 Å². The normalized spacial score (nSPS) is 14.5. The van der Waals surface area contributed by atoms with Crippen molar-refractivity contribution in [2.24, 2.45) is 0 Å². The molecule has 0 aliphatic carbocycles. The van der Waals surface area contributed by atoms with Gasteiger partial charge in [-0.05, 0) is 38.8 Å². The average molecular weight is 686 g/mol. The van der Waals surface area contributed by atoms with Crippen LogP contribution in [0.2, 0.25) is 10.0 Å². The Labute approximate surface area is 263 Å². The third-order valence-electron chi connectivity index (χ3n) is 6.85. The van der Waals surface area contributed by atoms with E-state index in [9.17, 15) is 23.7 Å². The number of aromatic nitrogens is 2. The van der Waals surface area contributed by atoms with Crippen LogP contribution in [0.15, 0.2) is 51.7 Å². The summed E-state index contributed by atoms with van der Waals surface area (Å²) in [6.07, 6.45) is 1.93. The summed E-state index contributed by atoms with van der Waals surface area (Å²) >= 11 is 12.2. The number of amides is 2. The monoisotopic (exact) mass is 685 g/mol. The number of rotatable bonds is 11. The summed E-state index contributed by atoms with van der Waals surface area (Å²) in [6, 6.07) is 4.26. The lowest BCUT2D eigenvalue weighted by Gasteiger charge is -2.35. The summed E-state index contributed by atoms with van der Waals surface area (Å²) in [4.78, 5) is 48.8. The molecule has 45 heavy (non-hydrogen) atoms. The first-order valence-electron chi connectivity index (χ1n) is 13.4. The van der Waals surface area contributed by atoms with Gasteiger partial charge in [-0.1, -0.05) is 29.3 Å². The fraction of sp³-hybridized carbons (Fsp3) is 0.346. The van der Waals surface area contributed by atoms with E-state index in [4.69, 9.17) is 49.9 Å². The first kappa shape index (κ1) is 32.5. The average Bonchev–Trinajstić information content (AvgIpc) is 3.68. The third kappa shape index (κ3) is 7.49. The standard InChI is InChI=1S/C26H26Cl2N5O11P/c1-13-19(43-25(36)41-13)11-39-45(38,40-12-20-14(2)42-26(37)44-20)33-8-6-15(7-9-33)30-24(35)22-18(10-29-32-22)31-23(34)21-16(27)4-3-5-17(21)28/h3-5,10,15H,6-9,11-12H2,1-2H3,(H,29,32)(H,30,35)(H,31,34). The van der Waals surface area contributed by atoms with Crippen molar-refractivity contribution in [3.63, 3.8) is 0 Å². The second-order valence-corrected chi connectivity index (χ2v) is 12.6. The van der Waals surface area contributed by atoms with Crippen LogP contribution in [0, 0.1) is 13.8 Å². The molecule has 2 amide bonds. The summed E-state index contributed by atoms with van der Waals surface area (Å²) in [5, 5.41) is 12.2. The van der Waals surface area contributed by atoms with Gasteiger partial charge in [-0.2, -0.15) is 5.10 Å². The molecule has 5 rings (SSSR count). The molecule has 0 radical (unpaired) electrons. The molecule has 1 aliphatic heterocycles. The molecule has 1 aliphatic rings. The molecule has 3 aromatic heterocycles. The lowest BCUT2D eigenvalue weighted by molar-refractivity contribution is 0.0902. The molecule has 1 saturated heterocycles. The maximum atomic E-state index is 14.0. The summed E-state index contributed by atoms with van der Waals surface area (Å²) in [7, 11) is -4.09. The molecule has 0 saturated carbocycles. The van der Waals surface area contributed by atoms with Gasteiger partial charge < -0.3 is 28.3 Å². The van der Waals surface area contributed by atoms with E-state index in [0.29, 0.717) is 12.8 Å². The minimum atomic E-state index is -4.09. The second-order valence-electron chi connectivity index (χ2n) is 9.79. The SMILES string of the molecule is Cc1oc(=O)oc1COP(=O)(OCc1oc(=O)oc1C)N1CCC(NC(=O)c2[nH]ncc2NC(=O)c2c(Cl)cccc2Cl)CC1. The summed E-state index contributed by atoms with van der Waals surface area (Å²) < 4.78 is 46.3. The van der Waals surface area contributed by atoms with Crippen LogP contribution in [0.5, 0.6) is 0 Å². The molecule has 240 valence electrons. The number of nitrogens with one attached hydrogen (secondary N) is 3. The minimum Gasteiger partial charge on any atom is -0.396 e. The molecule has 0 spiro atoms. The third-order valence-corrected chi connectivity index (χ3v) is 9.48. The Kier molecular flexibility index (Phi) is 9.82. The molecule has 4 heterocycles. The van der Waals surface area contributed by atoms with Gasteiger partial charge in [0, 0.05) is 19.1 Å². The molecule has 0 bridgehead atoms. The number of nitrogens with zero attached hydrogens (tertiary/aromatic N) is 2.